The van der Waals surface area contributed by atoms with Crippen LogP contribution in [0.5, 0.6) is 0 Å². The number of fused-ring (bicyclic) bond motifs is 1. The summed E-state index contributed by atoms with van der Waals surface area (Å²) in [6.07, 6.45) is -0.571. The van der Waals surface area contributed by atoms with E-state index in [0.717, 1.165) is 11.1 Å². The third kappa shape index (κ3) is 2.22. The number of aliphatic hydroxyl groups excluding tert-OH is 3. The SMILES string of the molecule is CC(C)c1ncnc2c1ccn2[C@@H]1O[C@H](CO)[C@@H](O)[C@H]1O. The highest BCUT2D eigenvalue weighted by molar-refractivity contribution is 5.79. The highest BCUT2D eigenvalue weighted by atomic mass is 16.6. The zero-order valence-corrected chi connectivity index (χ0v) is 11.9. The summed E-state index contributed by atoms with van der Waals surface area (Å²) in [7, 11) is 0. The molecule has 0 spiro atoms. The van der Waals surface area contributed by atoms with Gasteiger partial charge in [-0.3, -0.25) is 0 Å². The second-order valence-corrected chi connectivity index (χ2v) is 5.60. The molecule has 0 radical (unpaired) electrons. The minimum Gasteiger partial charge on any atom is -0.394 e. The standard InChI is InChI=1S/C14H19N3O4/c1-7(2)10-8-3-4-17(13(8)16-6-15-10)14-12(20)11(19)9(5-18)21-14/h3-4,6-7,9,11-12,14,18-20H,5H2,1-2H3/t9-,11-,12-,14-/m1/s1. The average molecular weight is 293 g/mol. The number of ether oxygens (including phenoxy) is 1. The molecule has 0 amide bonds. The average Bonchev–Trinajstić information content (AvgIpc) is 3.01. The molecule has 3 N–H and O–H groups in total. The minimum atomic E-state index is -1.12. The second-order valence-electron chi connectivity index (χ2n) is 5.60. The molecule has 0 aromatic carbocycles. The Labute approximate surface area is 121 Å². The first-order valence-electron chi connectivity index (χ1n) is 6.98. The van der Waals surface area contributed by atoms with Crippen LogP contribution in [0.1, 0.15) is 31.7 Å². The highest BCUT2D eigenvalue weighted by Crippen LogP contribution is 2.33. The first-order chi connectivity index (χ1) is 10.0. The lowest BCUT2D eigenvalue weighted by molar-refractivity contribution is -0.0508. The van der Waals surface area contributed by atoms with Crippen LogP contribution in [0.25, 0.3) is 11.0 Å². The first-order valence-corrected chi connectivity index (χ1v) is 6.98. The van der Waals surface area contributed by atoms with Gasteiger partial charge in [-0.15, -0.1) is 0 Å². The van der Waals surface area contributed by atoms with Crippen molar-refractivity contribution in [1.82, 2.24) is 14.5 Å². The molecule has 4 atom stereocenters. The van der Waals surface area contributed by atoms with Gasteiger partial charge in [0.05, 0.1) is 12.3 Å². The molecule has 0 saturated carbocycles. The summed E-state index contributed by atoms with van der Waals surface area (Å²) in [6.45, 7) is 3.75. The summed E-state index contributed by atoms with van der Waals surface area (Å²) >= 11 is 0. The number of aromatic nitrogens is 3. The number of hydrogen-bond acceptors (Lipinski definition) is 6. The first kappa shape index (κ1) is 14.4. The molecule has 7 nitrogen and oxygen atoms in total. The van der Waals surface area contributed by atoms with Crippen LogP contribution < -0.4 is 0 Å². The van der Waals surface area contributed by atoms with Gasteiger partial charge in [0.2, 0.25) is 0 Å². The van der Waals surface area contributed by atoms with Gasteiger partial charge in [-0.2, -0.15) is 0 Å². The normalized spacial score (nSPS) is 29.6. The zero-order chi connectivity index (χ0) is 15.1. The van der Waals surface area contributed by atoms with Crippen LogP contribution in [0.2, 0.25) is 0 Å². The van der Waals surface area contributed by atoms with Gasteiger partial charge in [-0.05, 0) is 12.0 Å². The molecule has 1 fully saturated rings. The third-order valence-corrected chi connectivity index (χ3v) is 3.88. The van der Waals surface area contributed by atoms with E-state index >= 15 is 0 Å². The van der Waals surface area contributed by atoms with Crippen molar-refractivity contribution in [2.45, 2.75) is 44.3 Å². The highest BCUT2D eigenvalue weighted by Gasteiger charge is 2.43. The van der Waals surface area contributed by atoms with Gasteiger partial charge in [-0.1, -0.05) is 13.8 Å². The zero-order valence-electron chi connectivity index (χ0n) is 11.9. The van der Waals surface area contributed by atoms with Gasteiger partial charge < -0.3 is 24.6 Å². The van der Waals surface area contributed by atoms with Gasteiger partial charge >= 0.3 is 0 Å². The maximum absolute atomic E-state index is 10.1. The van der Waals surface area contributed by atoms with E-state index in [9.17, 15) is 10.2 Å². The summed E-state index contributed by atoms with van der Waals surface area (Å²) in [6, 6.07) is 1.87. The number of rotatable bonds is 3. The lowest BCUT2D eigenvalue weighted by Gasteiger charge is -2.17. The molecule has 0 bridgehead atoms. The van der Waals surface area contributed by atoms with E-state index < -0.39 is 24.5 Å². The molecule has 3 heterocycles. The van der Waals surface area contributed by atoms with Crippen molar-refractivity contribution in [1.29, 1.82) is 0 Å². The van der Waals surface area contributed by atoms with Crippen molar-refractivity contribution in [3.05, 3.63) is 24.3 Å². The molecule has 1 aliphatic heterocycles. The van der Waals surface area contributed by atoms with Crippen molar-refractivity contribution in [2.24, 2.45) is 0 Å². The fourth-order valence-electron chi connectivity index (χ4n) is 2.77. The molecule has 1 saturated heterocycles. The van der Waals surface area contributed by atoms with Gasteiger partial charge in [-0.25, -0.2) is 9.97 Å². The summed E-state index contributed by atoms with van der Waals surface area (Å²) in [4.78, 5) is 8.55. The van der Waals surface area contributed by atoms with Crippen molar-refractivity contribution < 1.29 is 20.1 Å². The van der Waals surface area contributed by atoms with E-state index in [0.29, 0.717) is 5.65 Å². The molecule has 2 aromatic rings. The molecular formula is C14H19N3O4. The Morgan fingerprint density at radius 2 is 2.05 bits per heavy atom. The monoisotopic (exact) mass is 293 g/mol. The Morgan fingerprint density at radius 1 is 1.29 bits per heavy atom. The molecule has 0 aliphatic carbocycles. The van der Waals surface area contributed by atoms with Crippen LogP contribution >= 0.6 is 0 Å². The van der Waals surface area contributed by atoms with Crippen molar-refractivity contribution in [3.8, 4) is 0 Å². The van der Waals surface area contributed by atoms with Crippen LogP contribution in [0, 0.1) is 0 Å². The smallest absolute Gasteiger partial charge is 0.164 e. The van der Waals surface area contributed by atoms with Crippen LogP contribution in [-0.4, -0.2) is 54.8 Å². The van der Waals surface area contributed by atoms with Crippen molar-refractivity contribution >= 4 is 11.0 Å². The van der Waals surface area contributed by atoms with Crippen LogP contribution in [0.4, 0.5) is 0 Å². The molecule has 3 rings (SSSR count). The fraction of sp³-hybridized carbons (Fsp3) is 0.571. The summed E-state index contributed by atoms with van der Waals surface area (Å²) in [5.74, 6) is 0.247. The molecule has 0 unspecified atom stereocenters. The van der Waals surface area contributed by atoms with Crippen molar-refractivity contribution in [3.63, 3.8) is 0 Å². The Morgan fingerprint density at radius 3 is 2.67 bits per heavy atom. The van der Waals surface area contributed by atoms with Crippen LogP contribution in [0.15, 0.2) is 18.6 Å². The molecule has 7 heteroatoms. The molecule has 2 aromatic heterocycles. The number of aliphatic hydroxyl groups is 3. The fourth-order valence-corrected chi connectivity index (χ4v) is 2.77. The predicted molar refractivity (Wildman–Crippen MR) is 74.6 cm³/mol. The lowest BCUT2D eigenvalue weighted by atomic mass is 10.1. The summed E-state index contributed by atoms with van der Waals surface area (Å²) in [5.41, 5.74) is 1.56. The number of nitrogens with zero attached hydrogens (tertiary/aromatic N) is 3. The van der Waals surface area contributed by atoms with Gasteiger partial charge in [0.25, 0.3) is 0 Å². The Hall–Kier alpha value is -1.54. The lowest BCUT2D eigenvalue weighted by Crippen LogP contribution is -2.33. The van der Waals surface area contributed by atoms with Crippen molar-refractivity contribution in [2.75, 3.05) is 6.61 Å². The summed E-state index contributed by atoms with van der Waals surface area (Å²) in [5, 5.41) is 30.0. The van der Waals surface area contributed by atoms with Gasteiger partial charge in [0, 0.05) is 11.6 Å². The van der Waals surface area contributed by atoms with Crippen LogP contribution in [0.3, 0.4) is 0 Å². The molecule has 21 heavy (non-hydrogen) atoms. The van der Waals surface area contributed by atoms with E-state index in [-0.39, 0.29) is 12.5 Å². The second kappa shape index (κ2) is 5.34. The molecular weight excluding hydrogens is 274 g/mol. The third-order valence-electron chi connectivity index (χ3n) is 3.88. The Kier molecular flexibility index (Phi) is 3.66. The van der Waals surface area contributed by atoms with Gasteiger partial charge in [0.1, 0.15) is 30.3 Å². The topological polar surface area (TPSA) is 101 Å². The predicted octanol–water partition coefficient (Wildman–Crippen LogP) is 0.166. The quantitative estimate of drug-likeness (QED) is 0.745. The van der Waals surface area contributed by atoms with Crippen LogP contribution in [-0.2, 0) is 4.74 Å². The van der Waals surface area contributed by atoms with E-state index in [2.05, 4.69) is 9.97 Å². The van der Waals surface area contributed by atoms with E-state index in [4.69, 9.17) is 9.84 Å². The summed E-state index contributed by atoms with van der Waals surface area (Å²) < 4.78 is 7.21. The van der Waals surface area contributed by atoms with Gasteiger partial charge in [0.15, 0.2) is 6.23 Å². The Balaban J connectivity index is 2.04. The molecule has 114 valence electrons. The molecule has 1 aliphatic rings. The van der Waals surface area contributed by atoms with E-state index in [1.807, 2.05) is 19.9 Å². The number of hydrogen-bond donors (Lipinski definition) is 3. The minimum absolute atomic E-state index is 0.247. The Bertz CT molecular complexity index is 642. The maximum atomic E-state index is 10.1. The largest absolute Gasteiger partial charge is 0.394 e. The van der Waals surface area contributed by atoms with E-state index in [1.165, 1.54) is 6.33 Å². The maximum Gasteiger partial charge on any atom is 0.164 e. The van der Waals surface area contributed by atoms with E-state index in [1.54, 1.807) is 10.8 Å².